The van der Waals surface area contributed by atoms with E-state index in [0.717, 1.165) is 16.6 Å². The van der Waals surface area contributed by atoms with Gasteiger partial charge in [0, 0.05) is 11.0 Å². The molecule has 2 nitrogen and oxygen atoms in total. The minimum atomic E-state index is -0.423. The maximum atomic E-state index is 9.96. The Bertz CT molecular complexity index is 322. The zero-order valence-corrected chi connectivity index (χ0v) is 12.6. The fraction of sp³-hybridized carbons (Fsp3) is 0.538. The summed E-state index contributed by atoms with van der Waals surface area (Å²) in [6.07, 6.45) is 4.12. The monoisotopic (exact) mass is 317 g/mol. The molecule has 0 radical (unpaired) electrons. The van der Waals surface area contributed by atoms with E-state index in [1.165, 1.54) is 18.6 Å². The summed E-state index contributed by atoms with van der Waals surface area (Å²) < 4.78 is 1.01. The summed E-state index contributed by atoms with van der Waals surface area (Å²) in [6, 6.07) is 7.82. The van der Waals surface area contributed by atoms with Gasteiger partial charge in [-0.1, -0.05) is 28.1 Å². The average Bonchev–Trinajstić information content (AvgIpc) is 2.33. The van der Waals surface area contributed by atoms with Crippen LogP contribution in [0.5, 0.6) is 0 Å². The van der Waals surface area contributed by atoms with Gasteiger partial charge in [-0.2, -0.15) is 11.8 Å². The smallest absolute Gasteiger partial charge is 0.0914 e. The molecule has 0 aromatic heterocycles. The zero-order valence-electron chi connectivity index (χ0n) is 10.2. The lowest BCUT2D eigenvalue weighted by molar-refractivity contribution is 0.174. The molecule has 1 rings (SSSR count). The highest BCUT2D eigenvalue weighted by atomic mass is 79.9. The Balaban J connectivity index is 2.19. The van der Waals surface area contributed by atoms with Gasteiger partial charge in [-0.3, -0.25) is 0 Å². The van der Waals surface area contributed by atoms with E-state index in [9.17, 15) is 5.11 Å². The molecule has 1 aromatic rings. The minimum absolute atomic E-state index is 0.423. The quantitative estimate of drug-likeness (QED) is 0.722. The normalized spacial score (nSPS) is 12.6. The highest BCUT2D eigenvalue weighted by molar-refractivity contribution is 9.10. The maximum Gasteiger partial charge on any atom is 0.0914 e. The van der Waals surface area contributed by atoms with Gasteiger partial charge in [0.1, 0.15) is 0 Å². The summed E-state index contributed by atoms with van der Waals surface area (Å²) in [7, 11) is 0. The van der Waals surface area contributed by atoms with Gasteiger partial charge < -0.3 is 10.4 Å². The second-order valence-corrected chi connectivity index (χ2v) is 5.88. The molecule has 4 heteroatoms. The number of rotatable bonds is 8. The molecule has 0 heterocycles. The molecule has 1 aromatic carbocycles. The van der Waals surface area contributed by atoms with Crippen molar-refractivity contribution in [2.75, 3.05) is 25.1 Å². The Kier molecular flexibility index (Phi) is 7.93. The summed E-state index contributed by atoms with van der Waals surface area (Å²) >= 11 is 5.29. The first-order valence-corrected chi connectivity index (χ1v) is 8.06. The van der Waals surface area contributed by atoms with Crippen molar-refractivity contribution in [2.24, 2.45) is 0 Å². The topological polar surface area (TPSA) is 32.3 Å². The fourth-order valence-corrected chi connectivity index (χ4v) is 2.48. The van der Waals surface area contributed by atoms with E-state index in [2.05, 4.69) is 27.5 Å². The number of halogens is 1. The molecule has 0 spiro atoms. The van der Waals surface area contributed by atoms with Crippen LogP contribution in [0.2, 0.25) is 0 Å². The van der Waals surface area contributed by atoms with Gasteiger partial charge in [-0.25, -0.2) is 0 Å². The Morgan fingerprint density at radius 1 is 1.41 bits per heavy atom. The summed E-state index contributed by atoms with van der Waals surface area (Å²) in [6.45, 7) is 1.60. The second-order valence-electron chi connectivity index (χ2n) is 3.97. The number of aliphatic hydroxyl groups is 1. The van der Waals surface area contributed by atoms with Gasteiger partial charge in [0.15, 0.2) is 0 Å². The predicted molar refractivity (Wildman–Crippen MR) is 79.6 cm³/mol. The zero-order chi connectivity index (χ0) is 12.5. The van der Waals surface area contributed by atoms with Crippen molar-refractivity contribution < 1.29 is 5.11 Å². The molecule has 0 saturated heterocycles. The standard InChI is InChI=1S/C13H20BrNOS/c1-17-8-3-2-7-15-10-13(16)11-5-4-6-12(14)9-11/h4-6,9,13,15-16H,2-3,7-8,10H2,1H3. The van der Waals surface area contributed by atoms with Crippen molar-refractivity contribution >= 4 is 27.7 Å². The van der Waals surface area contributed by atoms with Crippen LogP contribution in [0.3, 0.4) is 0 Å². The van der Waals surface area contributed by atoms with Gasteiger partial charge in [0.05, 0.1) is 6.10 Å². The third kappa shape index (κ3) is 6.46. The van der Waals surface area contributed by atoms with Crippen LogP contribution in [0.25, 0.3) is 0 Å². The van der Waals surface area contributed by atoms with Crippen molar-refractivity contribution in [2.45, 2.75) is 18.9 Å². The number of unbranched alkanes of at least 4 members (excludes halogenated alkanes) is 1. The molecule has 2 N–H and O–H groups in total. The number of hydrogen-bond acceptors (Lipinski definition) is 3. The van der Waals surface area contributed by atoms with Crippen LogP contribution in [-0.4, -0.2) is 30.2 Å². The molecule has 0 aliphatic rings. The minimum Gasteiger partial charge on any atom is -0.387 e. The van der Waals surface area contributed by atoms with Gasteiger partial charge in [0.2, 0.25) is 0 Å². The molecule has 1 atom stereocenters. The van der Waals surface area contributed by atoms with E-state index < -0.39 is 6.10 Å². The molecular formula is C13H20BrNOS. The molecule has 96 valence electrons. The van der Waals surface area contributed by atoms with E-state index in [1.807, 2.05) is 36.0 Å². The number of thioether (sulfide) groups is 1. The van der Waals surface area contributed by atoms with Crippen LogP contribution in [0.1, 0.15) is 24.5 Å². The molecule has 1 unspecified atom stereocenters. The molecule has 0 aliphatic carbocycles. The van der Waals surface area contributed by atoms with E-state index in [1.54, 1.807) is 0 Å². The van der Waals surface area contributed by atoms with Crippen molar-refractivity contribution in [3.63, 3.8) is 0 Å². The Labute approximate surface area is 116 Å². The van der Waals surface area contributed by atoms with Gasteiger partial charge >= 0.3 is 0 Å². The van der Waals surface area contributed by atoms with E-state index in [4.69, 9.17) is 0 Å². The third-order valence-electron chi connectivity index (χ3n) is 2.52. The summed E-state index contributed by atoms with van der Waals surface area (Å²) in [4.78, 5) is 0. The number of nitrogens with one attached hydrogen (secondary N) is 1. The van der Waals surface area contributed by atoms with Gasteiger partial charge in [-0.05, 0) is 49.1 Å². The summed E-state index contributed by atoms with van der Waals surface area (Å²) in [5, 5.41) is 13.2. The summed E-state index contributed by atoms with van der Waals surface area (Å²) in [5.41, 5.74) is 0.955. The van der Waals surface area contributed by atoms with Crippen LogP contribution in [0, 0.1) is 0 Å². The van der Waals surface area contributed by atoms with Gasteiger partial charge in [0.25, 0.3) is 0 Å². The molecule has 0 bridgehead atoms. The fourth-order valence-electron chi connectivity index (χ4n) is 1.57. The molecule has 0 amide bonds. The van der Waals surface area contributed by atoms with Crippen LogP contribution in [-0.2, 0) is 0 Å². The lowest BCUT2D eigenvalue weighted by atomic mass is 10.1. The molecule has 0 saturated carbocycles. The van der Waals surface area contributed by atoms with Crippen molar-refractivity contribution in [3.8, 4) is 0 Å². The van der Waals surface area contributed by atoms with Crippen LogP contribution in [0.4, 0.5) is 0 Å². The summed E-state index contributed by atoms with van der Waals surface area (Å²) in [5.74, 6) is 1.22. The Morgan fingerprint density at radius 2 is 2.24 bits per heavy atom. The van der Waals surface area contributed by atoms with E-state index >= 15 is 0 Å². The number of aliphatic hydroxyl groups excluding tert-OH is 1. The number of hydrogen-bond donors (Lipinski definition) is 2. The second kappa shape index (κ2) is 8.97. The first-order chi connectivity index (χ1) is 8.24. The first-order valence-electron chi connectivity index (χ1n) is 5.87. The lowest BCUT2D eigenvalue weighted by Gasteiger charge is -2.12. The molecule has 17 heavy (non-hydrogen) atoms. The van der Waals surface area contributed by atoms with Crippen LogP contribution < -0.4 is 5.32 Å². The van der Waals surface area contributed by atoms with Crippen LogP contribution in [0.15, 0.2) is 28.7 Å². The predicted octanol–water partition coefficient (Wildman–Crippen LogP) is 3.22. The third-order valence-corrected chi connectivity index (χ3v) is 3.71. The SMILES string of the molecule is CSCCCCNCC(O)c1cccc(Br)c1. The van der Waals surface area contributed by atoms with Crippen molar-refractivity contribution in [3.05, 3.63) is 34.3 Å². The lowest BCUT2D eigenvalue weighted by Crippen LogP contribution is -2.22. The van der Waals surface area contributed by atoms with E-state index in [-0.39, 0.29) is 0 Å². The largest absolute Gasteiger partial charge is 0.387 e. The average molecular weight is 318 g/mol. The Morgan fingerprint density at radius 3 is 2.94 bits per heavy atom. The molecule has 0 fully saturated rings. The highest BCUT2D eigenvalue weighted by Crippen LogP contribution is 2.17. The molecular weight excluding hydrogens is 298 g/mol. The number of benzene rings is 1. The van der Waals surface area contributed by atoms with Crippen LogP contribution >= 0.6 is 27.7 Å². The highest BCUT2D eigenvalue weighted by Gasteiger charge is 2.06. The van der Waals surface area contributed by atoms with Gasteiger partial charge in [-0.15, -0.1) is 0 Å². The van der Waals surface area contributed by atoms with Crippen molar-refractivity contribution in [1.29, 1.82) is 0 Å². The Hall–Kier alpha value is -0.0300. The molecule has 0 aliphatic heterocycles. The first kappa shape index (κ1) is 15.0. The maximum absolute atomic E-state index is 9.96. The van der Waals surface area contributed by atoms with E-state index in [0.29, 0.717) is 6.54 Å². The van der Waals surface area contributed by atoms with Crippen molar-refractivity contribution in [1.82, 2.24) is 5.32 Å².